The van der Waals surface area contributed by atoms with Gasteiger partial charge in [0.25, 0.3) is 5.91 Å². The second kappa shape index (κ2) is 16.1. The molecule has 5 aromatic rings. The molecule has 0 saturated carbocycles. The SMILES string of the molecule is O=C(NCCc1ccc(F)cc1)[C@]1(CCS(=O)(=O)c2ccccc2)N=C(c2ccc(OCCCO)cc2)O[C@@H]1c1ccc(-c2ccccc2)cc1. The van der Waals surface area contributed by atoms with E-state index in [0.717, 1.165) is 16.7 Å². The van der Waals surface area contributed by atoms with E-state index in [2.05, 4.69) is 5.32 Å². The Kier molecular flexibility index (Phi) is 11.2. The Balaban J connectivity index is 1.37. The van der Waals surface area contributed by atoms with Gasteiger partial charge in [0, 0.05) is 31.6 Å². The van der Waals surface area contributed by atoms with Gasteiger partial charge in [0.15, 0.2) is 21.5 Å². The van der Waals surface area contributed by atoms with Crippen LogP contribution >= 0.6 is 0 Å². The van der Waals surface area contributed by atoms with Gasteiger partial charge in [0.05, 0.1) is 17.3 Å². The van der Waals surface area contributed by atoms with Crippen molar-refractivity contribution in [1.82, 2.24) is 5.32 Å². The molecule has 0 aliphatic carbocycles. The van der Waals surface area contributed by atoms with E-state index in [-0.39, 0.29) is 41.9 Å². The van der Waals surface area contributed by atoms with Gasteiger partial charge in [-0.1, -0.05) is 84.9 Å². The minimum atomic E-state index is -3.81. The van der Waals surface area contributed by atoms with Crippen LogP contribution in [-0.4, -0.2) is 56.4 Å². The fourth-order valence-corrected chi connectivity index (χ4v) is 7.40. The zero-order valence-corrected chi connectivity index (χ0v) is 28.8. The summed E-state index contributed by atoms with van der Waals surface area (Å²) in [5, 5.41) is 12.1. The largest absolute Gasteiger partial charge is 0.494 e. The number of amides is 1. The molecule has 262 valence electrons. The number of carbonyl (C=O) groups is 1. The zero-order chi connectivity index (χ0) is 35.7. The number of hydrogen-bond donors (Lipinski definition) is 2. The summed E-state index contributed by atoms with van der Waals surface area (Å²) in [4.78, 5) is 19.6. The third-order valence-corrected chi connectivity index (χ3v) is 10.5. The van der Waals surface area contributed by atoms with Crippen LogP contribution in [0, 0.1) is 5.82 Å². The lowest BCUT2D eigenvalue weighted by Crippen LogP contribution is -2.49. The standard InChI is InChI=1S/C41H39FN2O6S/c42-35-20-12-30(13-21-35)24-26-43-40(46)41(25-29-51(47,48)37-10-5-2-6-11-37)38(33-16-14-32(15-17-33)31-8-3-1-4-9-31)50-39(44-41)34-18-22-36(23-19-34)49-28-7-27-45/h1-6,8-23,38,45H,7,24-29H2,(H,43,46)/t38-,41-/m1/s1. The van der Waals surface area contributed by atoms with Crippen LogP contribution in [0.25, 0.3) is 11.1 Å². The molecular formula is C41H39FN2O6S. The van der Waals surface area contributed by atoms with Crippen molar-refractivity contribution in [2.75, 3.05) is 25.5 Å². The fraction of sp³-hybridized carbons (Fsp3) is 0.220. The normalized spacial score (nSPS) is 17.0. The molecule has 51 heavy (non-hydrogen) atoms. The van der Waals surface area contributed by atoms with E-state index in [1.807, 2.05) is 54.6 Å². The summed E-state index contributed by atoms with van der Waals surface area (Å²) < 4.78 is 53.1. The monoisotopic (exact) mass is 706 g/mol. The molecule has 1 aliphatic rings. The maximum absolute atomic E-state index is 14.5. The van der Waals surface area contributed by atoms with E-state index in [1.165, 1.54) is 24.3 Å². The number of aliphatic imine (C=N–C) groups is 1. The van der Waals surface area contributed by atoms with Crippen LogP contribution < -0.4 is 10.1 Å². The van der Waals surface area contributed by atoms with Crippen LogP contribution in [-0.2, 0) is 25.8 Å². The molecule has 2 atom stereocenters. The number of rotatable bonds is 15. The van der Waals surface area contributed by atoms with Crippen molar-refractivity contribution in [3.63, 3.8) is 0 Å². The van der Waals surface area contributed by atoms with E-state index in [4.69, 9.17) is 19.6 Å². The molecular weight excluding hydrogens is 668 g/mol. The number of hydrogen-bond acceptors (Lipinski definition) is 7. The summed E-state index contributed by atoms with van der Waals surface area (Å²) in [5.41, 5.74) is 2.40. The smallest absolute Gasteiger partial charge is 0.252 e. The Morgan fingerprint density at radius 1 is 0.824 bits per heavy atom. The van der Waals surface area contributed by atoms with E-state index in [1.54, 1.807) is 54.6 Å². The second-order valence-electron chi connectivity index (χ2n) is 12.3. The molecule has 0 saturated heterocycles. The first kappa shape index (κ1) is 35.5. The molecule has 5 aromatic carbocycles. The number of benzene rings is 5. The fourth-order valence-electron chi connectivity index (χ4n) is 6.01. The van der Waals surface area contributed by atoms with E-state index < -0.39 is 27.4 Å². The third kappa shape index (κ3) is 8.53. The molecule has 6 rings (SSSR count). The number of aliphatic hydroxyl groups excluding tert-OH is 1. The topological polar surface area (TPSA) is 114 Å². The van der Waals surface area contributed by atoms with E-state index in [9.17, 15) is 17.6 Å². The van der Waals surface area contributed by atoms with Gasteiger partial charge in [-0.05, 0) is 77.2 Å². The quantitative estimate of drug-likeness (QED) is 0.117. The average molecular weight is 707 g/mol. The minimum Gasteiger partial charge on any atom is -0.494 e. The van der Waals surface area contributed by atoms with Crippen molar-refractivity contribution in [2.24, 2.45) is 4.99 Å². The number of nitrogens with zero attached hydrogens (tertiary/aromatic N) is 1. The highest BCUT2D eigenvalue weighted by Crippen LogP contribution is 2.43. The number of ether oxygens (including phenoxy) is 2. The lowest BCUT2D eigenvalue weighted by atomic mass is 9.84. The van der Waals surface area contributed by atoms with Gasteiger partial charge in [-0.15, -0.1) is 0 Å². The molecule has 1 heterocycles. The summed E-state index contributed by atoms with van der Waals surface area (Å²) in [6.07, 6.45) is -0.207. The predicted octanol–water partition coefficient (Wildman–Crippen LogP) is 6.73. The van der Waals surface area contributed by atoms with Crippen LogP contribution in [0.1, 0.15) is 35.6 Å². The van der Waals surface area contributed by atoms with Gasteiger partial charge < -0.3 is 19.9 Å². The Labute approximate surface area is 297 Å². The predicted molar refractivity (Wildman–Crippen MR) is 195 cm³/mol. The Hall–Kier alpha value is -5.32. The summed E-state index contributed by atoms with van der Waals surface area (Å²) in [7, 11) is -3.81. The van der Waals surface area contributed by atoms with Gasteiger partial charge in [-0.3, -0.25) is 4.79 Å². The lowest BCUT2D eigenvalue weighted by Gasteiger charge is -2.30. The molecule has 0 bridgehead atoms. The third-order valence-electron chi connectivity index (χ3n) is 8.82. The van der Waals surface area contributed by atoms with Crippen LogP contribution in [0.3, 0.4) is 0 Å². The summed E-state index contributed by atoms with van der Waals surface area (Å²) in [5.74, 6) is -0.405. The minimum absolute atomic E-state index is 0.0183. The van der Waals surface area contributed by atoms with Crippen LogP contribution in [0.5, 0.6) is 5.75 Å². The first-order chi connectivity index (χ1) is 24.8. The van der Waals surface area contributed by atoms with Gasteiger partial charge in [0.2, 0.25) is 5.90 Å². The van der Waals surface area contributed by atoms with Crippen molar-refractivity contribution in [3.8, 4) is 16.9 Å². The zero-order valence-electron chi connectivity index (χ0n) is 28.0. The maximum Gasteiger partial charge on any atom is 0.252 e. The number of nitrogens with one attached hydrogen (secondary N) is 1. The van der Waals surface area contributed by atoms with Gasteiger partial charge in [-0.2, -0.15) is 0 Å². The molecule has 2 N–H and O–H groups in total. The van der Waals surface area contributed by atoms with Gasteiger partial charge in [-0.25, -0.2) is 17.8 Å². The molecule has 10 heteroatoms. The van der Waals surface area contributed by atoms with Crippen LogP contribution in [0.2, 0.25) is 0 Å². The first-order valence-corrected chi connectivity index (χ1v) is 18.5. The molecule has 1 aliphatic heterocycles. The van der Waals surface area contributed by atoms with Gasteiger partial charge in [0.1, 0.15) is 11.6 Å². The molecule has 1 amide bonds. The van der Waals surface area contributed by atoms with Crippen molar-refractivity contribution in [1.29, 1.82) is 0 Å². The number of halogens is 1. The first-order valence-electron chi connectivity index (χ1n) is 16.8. The Bertz CT molecular complexity index is 2040. The number of sulfone groups is 1. The summed E-state index contributed by atoms with van der Waals surface area (Å²) in [6, 6.07) is 38.8. The van der Waals surface area contributed by atoms with Crippen molar-refractivity contribution < 1.29 is 32.2 Å². The van der Waals surface area contributed by atoms with Crippen LogP contribution in [0.4, 0.5) is 4.39 Å². The molecule has 0 spiro atoms. The van der Waals surface area contributed by atoms with Crippen molar-refractivity contribution >= 4 is 21.6 Å². The van der Waals surface area contributed by atoms with E-state index in [0.29, 0.717) is 36.3 Å². The lowest BCUT2D eigenvalue weighted by molar-refractivity contribution is -0.129. The summed E-state index contributed by atoms with van der Waals surface area (Å²) in [6.45, 7) is 0.581. The highest BCUT2D eigenvalue weighted by atomic mass is 32.2. The second-order valence-corrected chi connectivity index (χ2v) is 14.4. The summed E-state index contributed by atoms with van der Waals surface area (Å²) >= 11 is 0. The molecule has 0 unspecified atom stereocenters. The molecule has 8 nitrogen and oxygen atoms in total. The van der Waals surface area contributed by atoms with Crippen molar-refractivity contribution in [2.45, 2.75) is 35.8 Å². The van der Waals surface area contributed by atoms with E-state index >= 15 is 0 Å². The number of aliphatic hydroxyl groups is 1. The maximum atomic E-state index is 14.5. The molecule has 0 fully saturated rings. The van der Waals surface area contributed by atoms with Crippen LogP contribution in [0.15, 0.2) is 143 Å². The van der Waals surface area contributed by atoms with Gasteiger partial charge >= 0.3 is 0 Å². The number of carbonyl (C=O) groups excluding carboxylic acids is 1. The highest BCUT2D eigenvalue weighted by Gasteiger charge is 2.53. The molecule has 0 radical (unpaired) electrons. The highest BCUT2D eigenvalue weighted by molar-refractivity contribution is 7.91. The van der Waals surface area contributed by atoms with Crippen molar-refractivity contribution in [3.05, 3.63) is 156 Å². The Morgan fingerprint density at radius 3 is 2.12 bits per heavy atom. The Morgan fingerprint density at radius 2 is 1.45 bits per heavy atom. The molecule has 0 aromatic heterocycles. The average Bonchev–Trinajstić information content (AvgIpc) is 3.57.